The van der Waals surface area contributed by atoms with E-state index < -0.39 is 29.4 Å². The van der Waals surface area contributed by atoms with Crippen LogP contribution in [-0.2, 0) is 25.5 Å². The molecule has 0 aliphatic rings. The fourth-order valence-corrected chi connectivity index (χ4v) is 2.86. The standard InChI is InChI=1S/C26H34O4/c1-8-11-20(10-3)18-29-24(27)23(17-21-15-13-19(4)14-16-21)22(12-9-2)25(28)30-26(5,6)7/h8,10-11,13-16,22-23H,17-18H2,1-7H3/b11-8-,20-10+. The van der Waals surface area contributed by atoms with Gasteiger partial charge in [0, 0.05) is 0 Å². The minimum Gasteiger partial charge on any atom is -0.461 e. The lowest BCUT2D eigenvalue weighted by molar-refractivity contribution is -0.165. The molecule has 2 unspecified atom stereocenters. The summed E-state index contributed by atoms with van der Waals surface area (Å²) in [4.78, 5) is 26.0. The molecule has 1 aromatic carbocycles. The molecule has 2 atom stereocenters. The SMILES string of the molecule is CC#CC(C(=O)OC(C)(C)C)C(Cc1ccc(C)cc1)C(=O)OCC(/C=C\C)=C/C. The number of ether oxygens (including phenoxy) is 2. The number of esters is 2. The average molecular weight is 411 g/mol. The summed E-state index contributed by atoms with van der Waals surface area (Å²) in [5.41, 5.74) is 2.27. The van der Waals surface area contributed by atoms with Crippen LogP contribution in [0, 0.1) is 30.6 Å². The van der Waals surface area contributed by atoms with Crippen LogP contribution in [0.5, 0.6) is 0 Å². The van der Waals surface area contributed by atoms with Crippen LogP contribution in [0.1, 0.15) is 52.7 Å². The molecular formula is C26H34O4. The van der Waals surface area contributed by atoms with Gasteiger partial charge in [-0.15, -0.1) is 5.92 Å². The topological polar surface area (TPSA) is 52.6 Å². The summed E-state index contributed by atoms with van der Waals surface area (Å²) in [5.74, 6) is 3.03. The second-order valence-corrected chi connectivity index (χ2v) is 8.17. The summed E-state index contributed by atoms with van der Waals surface area (Å²) in [6.07, 6.45) is 6.00. The second-order valence-electron chi connectivity index (χ2n) is 8.17. The second kappa shape index (κ2) is 12.0. The lowest BCUT2D eigenvalue weighted by Gasteiger charge is -2.26. The smallest absolute Gasteiger partial charge is 0.322 e. The molecule has 0 spiro atoms. The Hall–Kier alpha value is -2.80. The molecule has 0 aliphatic heterocycles. The van der Waals surface area contributed by atoms with Gasteiger partial charge in [-0.1, -0.05) is 54.0 Å². The Morgan fingerprint density at radius 1 is 1.10 bits per heavy atom. The van der Waals surface area contributed by atoms with Crippen molar-refractivity contribution >= 4 is 11.9 Å². The molecule has 0 amide bonds. The van der Waals surface area contributed by atoms with Crippen LogP contribution in [0.15, 0.2) is 48.1 Å². The molecule has 4 nitrogen and oxygen atoms in total. The van der Waals surface area contributed by atoms with E-state index in [4.69, 9.17) is 9.47 Å². The Kier molecular flexibility index (Phi) is 10.1. The van der Waals surface area contributed by atoms with Crippen molar-refractivity contribution in [1.82, 2.24) is 0 Å². The Balaban J connectivity index is 3.20. The molecule has 1 rings (SSSR count). The van der Waals surface area contributed by atoms with Gasteiger partial charge in [-0.05, 0) is 66.0 Å². The van der Waals surface area contributed by atoms with Gasteiger partial charge in [-0.2, -0.15) is 0 Å². The number of aryl methyl sites for hydroxylation is 1. The maximum atomic E-state index is 13.1. The highest BCUT2D eigenvalue weighted by Gasteiger charge is 2.37. The number of carbonyl (C=O) groups excluding carboxylic acids is 2. The van der Waals surface area contributed by atoms with Gasteiger partial charge in [-0.3, -0.25) is 9.59 Å². The number of carbonyl (C=O) groups is 2. The molecule has 0 aliphatic carbocycles. The highest BCUT2D eigenvalue weighted by atomic mass is 16.6. The van der Waals surface area contributed by atoms with Crippen molar-refractivity contribution in [2.45, 2.75) is 60.5 Å². The van der Waals surface area contributed by atoms with E-state index in [-0.39, 0.29) is 6.61 Å². The molecule has 0 bridgehead atoms. The maximum absolute atomic E-state index is 13.1. The van der Waals surface area contributed by atoms with E-state index in [0.29, 0.717) is 6.42 Å². The first-order chi connectivity index (χ1) is 14.1. The predicted octanol–water partition coefficient (Wildman–Crippen LogP) is 5.20. The van der Waals surface area contributed by atoms with Crippen LogP contribution in [-0.4, -0.2) is 24.1 Å². The van der Waals surface area contributed by atoms with E-state index in [1.54, 1.807) is 27.7 Å². The van der Waals surface area contributed by atoms with Gasteiger partial charge in [0.1, 0.15) is 18.1 Å². The molecule has 162 valence electrons. The van der Waals surface area contributed by atoms with E-state index in [2.05, 4.69) is 11.8 Å². The number of allylic oxidation sites excluding steroid dienone is 2. The highest BCUT2D eigenvalue weighted by Crippen LogP contribution is 2.24. The van der Waals surface area contributed by atoms with Gasteiger partial charge < -0.3 is 9.47 Å². The Labute approximate surface area is 181 Å². The summed E-state index contributed by atoms with van der Waals surface area (Å²) in [6, 6.07) is 7.88. The fourth-order valence-electron chi connectivity index (χ4n) is 2.86. The van der Waals surface area contributed by atoms with Gasteiger partial charge in [-0.25, -0.2) is 0 Å². The predicted molar refractivity (Wildman–Crippen MR) is 121 cm³/mol. The van der Waals surface area contributed by atoms with Crippen LogP contribution >= 0.6 is 0 Å². The van der Waals surface area contributed by atoms with Gasteiger partial charge in [0.15, 0.2) is 0 Å². The Morgan fingerprint density at radius 3 is 2.23 bits per heavy atom. The highest BCUT2D eigenvalue weighted by molar-refractivity contribution is 5.85. The third-order valence-electron chi connectivity index (χ3n) is 4.37. The first-order valence-corrected chi connectivity index (χ1v) is 10.3. The van der Waals surface area contributed by atoms with E-state index in [1.165, 1.54) is 0 Å². The number of hydrogen-bond donors (Lipinski definition) is 0. The van der Waals surface area contributed by atoms with E-state index in [9.17, 15) is 9.59 Å². The fraction of sp³-hybridized carbons (Fsp3) is 0.462. The molecule has 0 radical (unpaired) electrons. The van der Waals surface area contributed by atoms with Gasteiger partial charge in [0.25, 0.3) is 0 Å². The minimum absolute atomic E-state index is 0.144. The zero-order valence-electron chi connectivity index (χ0n) is 19.2. The Morgan fingerprint density at radius 2 is 1.73 bits per heavy atom. The van der Waals surface area contributed by atoms with Crippen molar-refractivity contribution in [3.63, 3.8) is 0 Å². The van der Waals surface area contributed by atoms with Crippen molar-refractivity contribution in [3.05, 3.63) is 59.2 Å². The molecule has 0 heterocycles. The van der Waals surface area contributed by atoms with Crippen molar-refractivity contribution < 1.29 is 19.1 Å². The zero-order valence-corrected chi connectivity index (χ0v) is 19.2. The summed E-state index contributed by atoms with van der Waals surface area (Å²) in [5, 5.41) is 0. The van der Waals surface area contributed by atoms with Crippen LogP contribution in [0.4, 0.5) is 0 Å². The third kappa shape index (κ3) is 8.69. The maximum Gasteiger partial charge on any atom is 0.322 e. The molecular weight excluding hydrogens is 376 g/mol. The average Bonchev–Trinajstić information content (AvgIpc) is 2.67. The van der Waals surface area contributed by atoms with Crippen molar-refractivity contribution in [1.29, 1.82) is 0 Å². The van der Waals surface area contributed by atoms with E-state index in [0.717, 1.165) is 16.7 Å². The normalized spacial score (nSPS) is 13.9. The summed E-state index contributed by atoms with van der Waals surface area (Å²) < 4.78 is 11.1. The molecule has 0 saturated heterocycles. The zero-order chi connectivity index (χ0) is 22.7. The largest absolute Gasteiger partial charge is 0.461 e. The van der Waals surface area contributed by atoms with Crippen molar-refractivity contribution in [2.75, 3.05) is 6.61 Å². The molecule has 0 saturated carbocycles. The molecule has 4 heteroatoms. The monoisotopic (exact) mass is 410 g/mol. The quantitative estimate of drug-likeness (QED) is 0.336. The van der Waals surface area contributed by atoms with Gasteiger partial charge in [0.05, 0.1) is 5.92 Å². The van der Waals surface area contributed by atoms with Gasteiger partial charge >= 0.3 is 11.9 Å². The number of benzene rings is 1. The van der Waals surface area contributed by atoms with E-state index in [1.807, 2.05) is 63.3 Å². The first kappa shape index (κ1) is 25.2. The lowest BCUT2D eigenvalue weighted by atomic mass is 9.86. The minimum atomic E-state index is -0.904. The van der Waals surface area contributed by atoms with Crippen molar-refractivity contribution in [3.8, 4) is 11.8 Å². The molecule has 0 N–H and O–H groups in total. The molecule has 1 aromatic rings. The first-order valence-electron chi connectivity index (χ1n) is 10.3. The van der Waals surface area contributed by atoms with Gasteiger partial charge in [0.2, 0.25) is 0 Å². The van der Waals surface area contributed by atoms with E-state index >= 15 is 0 Å². The number of rotatable bonds is 8. The number of hydrogen-bond acceptors (Lipinski definition) is 4. The third-order valence-corrected chi connectivity index (χ3v) is 4.37. The summed E-state index contributed by atoms with van der Waals surface area (Å²) >= 11 is 0. The van der Waals surface area contributed by atoms with Crippen LogP contribution in [0.3, 0.4) is 0 Å². The molecule has 0 aromatic heterocycles. The van der Waals surface area contributed by atoms with Crippen LogP contribution in [0.2, 0.25) is 0 Å². The summed E-state index contributed by atoms with van der Waals surface area (Å²) in [6.45, 7) is 13.0. The molecule has 30 heavy (non-hydrogen) atoms. The van der Waals surface area contributed by atoms with Crippen molar-refractivity contribution in [2.24, 2.45) is 11.8 Å². The summed E-state index contributed by atoms with van der Waals surface area (Å²) in [7, 11) is 0. The molecule has 0 fully saturated rings. The van der Waals surface area contributed by atoms with Crippen LogP contribution in [0.25, 0.3) is 0 Å². The lowest BCUT2D eigenvalue weighted by Crippen LogP contribution is -2.37. The Bertz CT molecular complexity index is 827. The van der Waals surface area contributed by atoms with Crippen LogP contribution < -0.4 is 0 Å².